The largest absolute Gasteiger partial charge is 0.457 e. The summed E-state index contributed by atoms with van der Waals surface area (Å²) >= 11 is 6.14. The molecule has 1 aliphatic carbocycles. The van der Waals surface area contributed by atoms with Crippen molar-refractivity contribution in [1.29, 1.82) is 0 Å². The normalized spacial score (nSPS) is 19.1. The van der Waals surface area contributed by atoms with Gasteiger partial charge in [-0.3, -0.25) is 29.9 Å². The smallest absolute Gasteiger partial charge is 0.331 e. The van der Waals surface area contributed by atoms with Crippen LogP contribution in [0.1, 0.15) is 37.9 Å². The van der Waals surface area contributed by atoms with Crippen LogP contribution >= 0.6 is 11.6 Å². The Labute approximate surface area is 181 Å². The van der Waals surface area contributed by atoms with Crippen molar-refractivity contribution < 1.29 is 23.7 Å². The molecule has 0 spiro atoms. The van der Waals surface area contributed by atoms with Crippen LogP contribution in [0.4, 0.5) is 10.5 Å². The zero-order valence-electron chi connectivity index (χ0n) is 16.3. The van der Waals surface area contributed by atoms with E-state index in [1.165, 1.54) is 36.4 Å². The molecule has 2 fully saturated rings. The zero-order chi connectivity index (χ0) is 22.1. The molecular weight excluding hydrogens is 426 g/mol. The fraction of sp³-hybridized carbons (Fsp3) is 0.286. The molecule has 0 atom stereocenters. The fourth-order valence-corrected chi connectivity index (χ4v) is 4.09. The molecule has 2 aliphatic rings. The monoisotopic (exact) mass is 443 g/mol. The van der Waals surface area contributed by atoms with Gasteiger partial charge in [-0.15, -0.1) is 0 Å². The van der Waals surface area contributed by atoms with Crippen molar-refractivity contribution in [3.05, 3.63) is 56.8 Å². The molecule has 2 heterocycles. The Morgan fingerprint density at radius 2 is 1.87 bits per heavy atom. The van der Waals surface area contributed by atoms with Crippen LogP contribution in [-0.4, -0.2) is 33.7 Å². The molecular formula is C21H18ClN3O6. The number of halogens is 1. The van der Waals surface area contributed by atoms with Gasteiger partial charge < -0.3 is 4.42 Å². The molecule has 1 aliphatic heterocycles. The van der Waals surface area contributed by atoms with E-state index < -0.39 is 22.8 Å². The van der Waals surface area contributed by atoms with Gasteiger partial charge in [0, 0.05) is 23.7 Å². The van der Waals surface area contributed by atoms with Crippen LogP contribution in [0, 0.1) is 10.1 Å². The molecule has 160 valence electrons. The van der Waals surface area contributed by atoms with Crippen molar-refractivity contribution in [1.82, 2.24) is 10.2 Å². The van der Waals surface area contributed by atoms with Gasteiger partial charge in [-0.2, -0.15) is 0 Å². The zero-order valence-corrected chi connectivity index (χ0v) is 17.1. The number of non-ortho nitro benzene ring substituents is 1. The number of nitro groups is 1. The first kappa shape index (κ1) is 20.8. The maximum absolute atomic E-state index is 12.9. The lowest BCUT2D eigenvalue weighted by atomic mass is 9.93. The minimum atomic E-state index is -0.798. The molecule has 0 bridgehead atoms. The summed E-state index contributed by atoms with van der Waals surface area (Å²) < 4.78 is 5.67. The van der Waals surface area contributed by atoms with E-state index in [-0.39, 0.29) is 33.8 Å². The van der Waals surface area contributed by atoms with Crippen LogP contribution in [0.2, 0.25) is 5.02 Å². The van der Waals surface area contributed by atoms with E-state index in [9.17, 15) is 24.5 Å². The first-order valence-corrected chi connectivity index (χ1v) is 10.2. The lowest BCUT2D eigenvalue weighted by molar-refractivity contribution is -0.384. The molecule has 0 radical (unpaired) electrons. The molecule has 4 rings (SSSR count). The average molecular weight is 444 g/mol. The van der Waals surface area contributed by atoms with Gasteiger partial charge in [0.2, 0.25) is 0 Å². The van der Waals surface area contributed by atoms with Gasteiger partial charge in [0.15, 0.2) is 0 Å². The Kier molecular flexibility index (Phi) is 5.60. The number of barbiturate groups is 1. The van der Waals surface area contributed by atoms with E-state index in [0.29, 0.717) is 18.4 Å². The first-order chi connectivity index (χ1) is 14.8. The third-order valence-electron chi connectivity index (χ3n) is 5.41. The van der Waals surface area contributed by atoms with E-state index >= 15 is 0 Å². The minimum Gasteiger partial charge on any atom is -0.457 e. The molecule has 10 heteroatoms. The number of rotatable bonds is 4. The van der Waals surface area contributed by atoms with Gasteiger partial charge >= 0.3 is 6.03 Å². The van der Waals surface area contributed by atoms with Crippen LogP contribution in [0.3, 0.4) is 0 Å². The number of imide groups is 2. The second-order valence-corrected chi connectivity index (χ2v) is 7.81. The standard InChI is InChI=1S/C21H18ClN3O6/c22-17-8-6-13(25(29)30)10-15(17)18-9-7-14(31-18)11-16-19(26)23-21(28)24(20(16)27)12-4-2-1-3-5-12/h6-12H,1-5H2,(H,23,26,28). The molecule has 31 heavy (non-hydrogen) atoms. The Bertz CT molecular complexity index is 1120. The molecule has 0 unspecified atom stereocenters. The fourth-order valence-electron chi connectivity index (χ4n) is 3.88. The lowest BCUT2D eigenvalue weighted by Crippen LogP contribution is -2.58. The number of nitrogens with one attached hydrogen (secondary N) is 1. The average Bonchev–Trinajstić information content (AvgIpc) is 3.20. The summed E-state index contributed by atoms with van der Waals surface area (Å²) in [4.78, 5) is 49.1. The molecule has 9 nitrogen and oxygen atoms in total. The van der Waals surface area contributed by atoms with Crippen molar-refractivity contribution in [2.24, 2.45) is 0 Å². The lowest BCUT2D eigenvalue weighted by Gasteiger charge is -2.35. The number of nitro benzene ring substituents is 1. The summed E-state index contributed by atoms with van der Waals surface area (Å²) in [6.45, 7) is 0. The van der Waals surface area contributed by atoms with Gasteiger partial charge in [0.05, 0.1) is 9.95 Å². The summed E-state index contributed by atoms with van der Waals surface area (Å²) in [6, 6.07) is 6.05. The highest BCUT2D eigenvalue weighted by Crippen LogP contribution is 2.33. The molecule has 1 saturated carbocycles. The number of nitrogens with zero attached hydrogens (tertiary/aromatic N) is 2. The Balaban J connectivity index is 1.64. The van der Waals surface area contributed by atoms with Gasteiger partial charge in [-0.1, -0.05) is 30.9 Å². The Morgan fingerprint density at radius 1 is 1.13 bits per heavy atom. The second kappa shape index (κ2) is 8.35. The summed E-state index contributed by atoms with van der Waals surface area (Å²) in [5, 5.41) is 13.5. The van der Waals surface area contributed by atoms with Gasteiger partial charge in [0.1, 0.15) is 17.1 Å². The predicted molar refractivity (Wildman–Crippen MR) is 111 cm³/mol. The highest BCUT2D eigenvalue weighted by molar-refractivity contribution is 6.33. The van der Waals surface area contributed by atoms with Crippen molar-refractivity contribution in [2.45, 2.75) is 38.1 Å². The van der Waals surface area contributed by atoms with Crippen LogP contribution < -0.4 is 5.32 Å². The SMILES string of the molecule is O=C1NC(=O)N(C2CCCCC2)C(=O)C1=Cc1ccc(-c2cc([N+](=O)[O-])ccc2Cl)o1. The first-order valence-electron chi connectivity index (χ1n) is 9.80. The molecule has 1 aromatic carbocycles. The number of carbonyl (C=O) groups excluding carboxylic acids is 3. The number of hydrogen-bond donors (Lipinski definition) is 1. The summed E-state index contributed by atoms with van der Waals surface area (Å²) in [7, 11) is 0. The number of furan rings is 1. The van der Waals surface area contributed by atoms with E-state index in [2.05, 4.69) is 5.32 Å². The Morgan fingerprint density at radius 3 is 2.58 bits per heavy atom. The summed E-state index contributed by atoms with van der Waals surface area (Å²) in [5.74, 6) is -1.04. The van der Waals surface area contributed by atoms with E-state index in [1.807, 2.05) is 0 Å². The molecule has 1 N–H and O–H groups in total. The number of carbonyl (C=O) groups is 3. The van der Waals surface area contributed by atoms with Gasteiger partial charge in [0.25, 0.3) is 17.5 Å². The van der Waals surface area contributed by atoms with E-state index in [4.69, 9.17) is 16.0 Å². The number of amides is 4. The summed E-state index contributed by atoms with van der Waals surface area (Å²) in [6.07, 6.45) is 5.56. The second-order valence-electron chi connectivity index (χ2n) is 7.41. The molecule has 1 saturated heterocycles. The number of urea groups is 1. The highest BCUT2D eigenvalue weighted by Gasteiger charge is 2.40. The topological polar surface area (TPSA) is 123 Å². The van der Waals surface area contributed by atoms with Crippen molar-refractivity contribution in [2.75, 3.05) is 0 Å². The number of benzene rings is 1. The van der Waals surface area contributed by atoms with Crippen molar-refractivity contribution in [3.8, 4) is 11.3 Å². The predicted octanol–water partition coefficient (Wildman–Crippen LogP) is 4.30. The number of hydrogen-bond acceptors (Lipinski definition) is 6. The third kappa shape index (κ3) is 4.09. The summed E-state index contributed by atoms with van der Waals surface area (Å²) in [5.41, 5.74) is -0.0608. The van der Waals surface area contributed by atoms with Gasteiger partial charge in [-0.05, 0) is 37.1 Å². The van der Waals surface area contributed by atoms with Crippen molar-refractivity contribution in [3.63, 3.8) is 0 Å². The molecule has 4 amide bonds. The molecule has 1 aromatic heterocycles. The van der Waals surface area contributed by atoms with E-state index in [1.54, 1.807) is 0 Å². The molecule has 2 aromatic rings. The van der Waals surface area contributed by atoms with E-state index in [0.717, 1.165) is 24.2 Å². The van der Waals surface area contributed by atoms with Gasteiger partial charge in [-0.25, -0.2) is 4.79 Å². The van der Waals surface area contributed by atoms with Crippen LogP contribution in [0.25, 0.3) is 17.4 Å². The maximum atomic E-state index is 12.9. The maximum Gasteiger partial charge on any atom is 0.331 e. The quantitative estimate of drug-likeness (QED) is 0.325. The van der Waals surface area contributed by atoms with Crippen molar-refractivity contribution >= 4 is 41.2 Å². The Hall–Kier alpha value is -3.46. The highest BCUT2D eigenvalue weighted by atomic mass is 35.5. The van der Waals surface area contributed by atoms with Crippen LogP contribution in [-0.2, 0) is 9.59 Å². The van der Waals surface area contributed by atoms with Crippen LogP contribution in [0.15, 0.2) is 40.3 Å². The minimum absolute atomic E-state index is 0.154. The third-order valence-corrected chi connectivity index (χ3v) is 5.74. The van der Waals surface area contributed by atoms with Crippen LogP contribution in [0.5, 0.6) is 0 Å².